The number of benzene rings is 2. The van der Waals surface area contributed by atoms with E-state index in [0.717, 1.165) is 24.2 Å². The molecule has 0 fully saturated rings. The number of hydrogen-bond acceptors (Lipinski definition) is 7. The molecule has 0 spiro atoms. The van der Waals surface area contributed by atoms with Crippen LogP contribution in [-0.4, -0.2) is 33.9 Å². The molecule has 184 valence electrons. The van der Waals surface area contributed by atoms with Crippen LogP contribution in [0.2, 0.25) is 0 Å². The van der Waals surface area contributed by atoms with Crippen LogP contribution in [0.1, 0.15) is 50.8 Å². The van der Waals surface area contributed by atoms with E-state index in [2.05, 4.69) is 22.3 Å². The molecule has 0 saturated carbocycles. The highest BCUT2D eigenvalue weighted by atomic mass is 32.2. The molecule has 2 aromatic carbocycles. The first-order valence-electron chi connectivity index (χ1n) is 11.7. The number of nitrogens with one attached hydrogen (secondary N) is 1. The summed E-state index contributed by atoms with van der Waals surface area (Å²) in [7, 11) is 0. The molecule has 4 rings (SSSR count). The van der Waals surface area contributed by atoms with Crippen LogP contribution in [-0.2, 0) is 15.3 Å². The number of halogens is 1. The molecule has 0 saturated heterocycles. The van der Waals surface area contributed by atoms with Gasteiger partial charge in [-0.25, -0.2) is 13.9 Å². The molecule has 2 heterocycles. The highest BCUT2D eigenvalue weighted by Gasteiger charge is 2.35. The zero-order chi connectivity index (χ0) is 24.8. The molecule has 0 amide bonds. The van der Waals surface area contributed by atoms with Gasteiger partial charge in [0.25, 0.3) is 0 Å². The topological polar surface area (TPSA) is 78.3 Å². The van der Waals surface area contributed by atoms with Gasteiger partial charge in [0, 0.05) is 11.4 Å². The first-order valence-corrected chi connectivity index (χ1v) is 12.7. The minimum absolute atomic E-state index is 0.261. The molecule has 35 heavy (non-hydrogen) atoms. The molecule has 1 unspecified atom stereocenters. The third kappa shape index (κ3) is 5.67. The number of esters is 1. The van der Waals surface area contributed by atoms with Crippen molar-refractivity contribution < 1.29 is 18.7 Å². The second-order valence-electron chi connectivity index (χ2n) is 8.10. The van der Waals surface area contributed by atoms with Crippen molar-refractivity contribution in [2.45, 2.75) is 50.6 Å². The Morgan fingerprint density at radius 3 is 2.66 bits per heavy atom. The molecule has 7 nitrogen and oxygen atoms in total. The molecule has 1 aromatic heterocycles. The molecule has 1 aliphatic heterocycles. The minimum atomic E-state index is -0.523. The van der Waals surface area contributed by atoms with Crippen LogP contribution >= 0.6 is 11.8 Å². The Hall–Kier alpha value is -3.33. The molecule has 1 N–H and O–H groups in total. The van der Waals surface area contributed by atoms with E-state index in [9.17, 15) is 9.18 Å². The van der Waals surface area contributed by atoms with Crippen LogP contribution < -0.4 is 10.1 Å². The number of carbonyl (C=O) groups excluding carboxylic acids is 1. The summed E-state index contributed by atoms with van der Waals surface area (Å²) in [4.78, 5) is 17.5. The zero-order valence-electron chi connectivity index (χ0n) is 20.1. The number of allylic oxidation sites excluding steroid dienone is 1. The van der Waals surface area contributed by atoms with E-state index in [1.807, 2.05) is 31.2 Å². The number of carbonyl (C=O) groups is 1. The van der Waals surface area contributed by atoms with Gasteiger partial charge >= 0.3 is 5.97 Å². The van der Waals surface area contributed by atoms with Crippen LogP contribution in [0.15, 0.2) is 65.0 Å². The summed E-state index contributed by atoms with van der Waals surface area (Å²) in [5, 5.41) is 8.34. The maximum absolute atomic E-state index is 14.1. The van der Waals surface area contributed by atoms with E-state index >= 15 is 0 Å². The average Bonchev–Trinajstić information content (AvgIpc) is 3.26. The highest BCUT2D eigenvalue weighted by molar-refractivity contribution is 7.98. The maximum Gasteiger partial charge on any atom is 0.338 e. The summed E-state index contributed by atoms with van der Waals surface area (Å²) in [5.41, 5.74) is 2.56. The Labute approximate surface area is 208 Å². The molecular weight excluding hydrogens is 467 g/mol. The summed E-state index contributed by atoms with van der Waals surface area (Å²) in [6, 6.07) is 13.8. The summed E-state index contributed by atoms with van der Waals surface area (Å²) in [6.07, 6.45) is 2.05. The SMILES string of the molecule is CCCCOc1ccc(C2C(C(=O)OCC)=C(C)Nc3nc(SCc4ccccc4F)nn32)cc1. The number of anilines is 1. The van der Waals surface area contributed by atoms with Crippen molar-refractivity contribution >= 4 is 23.7 Å². The number of ether oxygens (including phenoxy) is 2. The third-order valence-corrected chi connectivity index (χ3v) is 6.49. The number of hydrogen-bond donors (Lipinski definition) is 1. The van der Waals surface area contributed by atoms with Crippen molar-refractivity contribution in [2.24, 2.45) is 0 Å². The summed E-state index contributed by atoms with van der Waals surface area (Å²) in [6.45, 7) is 6.64. The fraction of sp³-hybridized carbons (Fsp3) is 0.346. The minimum Gasteiger partial charge on any atom is -0.494 e. The summed E-state index contributed by atoms with van der Waals surface area (Å²) < 4.78 is 26.9. The van der Waals surface area contributed by atoms with E-state index in [0.29, 0.717) is 40.3 Å². The van der Waals surface area contributed by atoms with Crippen molar-refractivity contribution in [1.29, 1.82) is 0 Å². The Morgan fingerprint density at radius 2 is 1.94 bits per heavy atom. The Morgan fingerprint density at radius 1 is 1.17 bits per heavy atom. The van der Waals surface area contributed by atoms with Gasteiger partial charge < -0.3 is 14.8 Å². The lowest BCUT2D eigenvalue weighted by molar-refractivity contribution is -0.139. The molecule has 1 aliphatic rings. The Bertz CT molecular complexity index is 1210. The molecule has 0 bridgehead atoms. The van der Waals surface area contributed by atoms with Gasteiger partial charge in [0.1, 0.15) is 17.6 Å². The number of nitrogens with zero attached hydrogens (tertiary/aromatic N) is 3. The van der Waals surface area contributed by atoms with Gasteiger partial charge in [-0.05, 0) is 49.6 Å². The molecule has 1 atom stereocenters. The van der Waals surface area contributed by atoms with Crippen molar-refractivity contribution in [3.8, 4) is 5.75 Å². The van der Waals surface area contributed by atoms with Crippen molar-refractivity contribution in [3.63, 3.8) is 0 Å². The van der Waals surface area contributed by atoms with Crippen molar-refractivity contribution in [2.75, 3.05) is 18.5 Å². The van der Waals surface area contributed by atoms with Crippen LogP contribution in [0, 0.1) is 5.82 Å². The second-order valence-corrected chi connectivity index (χ2v) is 9.04. The lowest BCUT2D eigenvalue weighted by Gasteiger charge is -2.28. The Balaban J connectivity index is 1.64. The number of rotatable bonds is 10. The lowest BCUT2D eigenvalue weighted by atomic mass is 9.96. The van der Waals surface area contributed by atoms with E-state index in [1.54, 1.807) is 29.8 Å². The predicted molar refractivity (Wildman–Crippen MR) is 134 cm³/mol. The van der Waals surface area contributed by atoms with Gasteiger partial charge in [-0.15, -0.1) is 5.10 Å². The number of fused-ring (bicyclic) bond motifs is 1. The average molecular weight is 497 g/mol. The van der Waals surface area contributed by atoms with E-state index in [1.165, 1.54) is 17.8 Å². The second kappa shape index (κ2) is 11.4. The Kier molecular flexibility index (Phi) is 8.07. The standard InChI is InChI=1S/C26H29FN4O3S/c1-4-6-15-34-20-13-11-18(12-14-20)23-22(24(32)33-5-2)17(3)28-25-29-26(30-31(23)25)35-16-19-9-7-8-10-21(19)27/h7-14,23H,4-6,15-16H2,1-3H3,(H,28,29,30). The van der Waals surface area contributed by atoms with Gasteiger partial charge in [-0.3, -0.25) is 0 Å². The highest BCUT2D eigenvalue weighted by Crippen LogP contribution is 2.37. The van der Waals surface area contributed by atoms with Gasteiger partial charge in [-0.2, -0.15) is 4.98 Å². The maximum atomic E-state index is 14.1. The van der Waals surface area contributed by atoms with Crippen molar-refractivity contribution in [1.82, 2.24) is 14.8 Å². The lowest BCUT2D eigenvalue weighted by Crippen LogP contribution is -2.29. The normalized spacial score (nSPS) is 14.9. The van der Waals surface area contributed by atoms with Crippen molar-refractivity contribution in [3.05, 3.63) is 76.7 Å². The number of unbranched alkanes of at least 4 members (excludes halogenated alkanes) is 1. The van der Waals surface area contributed by atoms with E-state index < -0.39 is 12.0 Å². The van der Waals surface area contributed by atoms with Gasteiger partial charge in [0.05, 0.1) is 18.8 Å². The molecule has 0 radical (unpaired) electrons. The molecule has 9 heteroatoms. The van der Waals surface area contributed by atoms with Gasteiger partial charge in [0.15, 0.2) is 0 Å². The number of aromatic nitrogens is 3. The third-order valence-electron chi connectivity index (χ3n) is 5.61. The largest absolute Gasteiger partial charge is 0.494 e. The first-order chi connectivity index (χ1) is 17.0. The fourth-order valence-corrected chi connectivity index (χ4v) is 4.63. The first kappa shape index (κ1) is 24.8. The number of thioether (sulfide) groups is 1. The zero-order valence-corrected chi connectivity index (χ0v) is 20.9. The summed E-state index contributed by atoms with van der Waals surface area (Å²) in [5.74, 6) is 1.01. The van der Waals surface area contributed by atoms with E-state index in [-0.39, 0.29) is 12.4 Å². The van der Waals surface area contributed by atoms with Crippen LogP contribution in [0.5, 0.6) is 5.75 Å². The molecular formula is C26H29FN4O3S. The van der Waals surface area contributed by atoms with Crippen LogP contribution in [0.3, 0.4) is 0 Å². The quantitative estimate of drug-likeness (QED) is 0.218. The van der Waals surface area contributed by atoms with E-state index in [4.69, 9.17) is 9.47 Å². The molecule has 3 aromatic rings. The molecule has 0 aliphatic carbocycles. The monoisotopic (exact) mass is 496 g/mol. The van der Waals surface area contributed by atoms with Gasteiger partial charge in [0.2, 0.25) is 11.1 Å². The van der Waals surface area contributed by atoms with Crippen LogP contribution in [0.4, 0.5) is 10.3 Å². The van der Waals surface area contributed by atoms with Crippen LogP contribution in [0.25, 0.3) is 0 Å². The smallest absolute Gasteiger partial charge is 0.338 e. The van der Waals surface area contributed by atoms with Gasteiger partial charge in [-0.1, -0.05) is 55.4 Å². The predicted octanol–water partition coefficient (Wildman–Crippen LogP) is 5.74. The summed E-state index contributed by atoms with van der Waals surface area (Å²) >= 11 is 1.34. The fourth-order valence-electron chi connectivity index (χ4n) is 3.81.